The molecule has 22 heavy (non-hydrogen) atoms. The standard InChI is InChI=1S/C18H19N3O/c1-2-14(12-22)19-18-16-11-7-6-10-15(16)17(20-21-18)13-8-4-3-5-9-13/h3-11,14,22H,2,12H2,1H3,(H,19,21)/t14-/m1/s1. The van der Waals surface area contributed by atoms with Crippen LogP contribution in [0, 0.1) is 0 Å². The van der Waals surface area contributed by atoms with Crippen molar-refractivity contribution in [3.63, 3.8) is 0 Å². The van der Waals surface area contributed by atoms with Gasteiger partial charge in [-0.3, -0.25) is 0 Å². The van der Waals surface area contributed by atoms with Crippen molar-refractivity contribution in [3.05, 3.63) is 54.6 Å². The maximum Gasteiger partial charge on any atom is 0.156 e. The molecule has 0 aliphatic heterocycles. The number of nitrogens with zero attached hydrogens (tertiary/aromatic N) is 2. The first-order valence-electron chi connectivity index (χ1n) is 7.51. The second kappa shape index (κ2) is 6.54. The molecule has 0 spiro atoms. The van der Waals surface area contributed by atoms with Gasteiger partial charge in [0.15, 0.2) is 5.82 Å². The summed E-state index contributed by atoms with van der Waals surface area (Å²) in [6, 6.07) is 18.1. The van der Waals surface area contributed by atoms with Crippen LogP contribution in [0.15, 0.2) is 54.6 Å². The highest BCUT2D eigenvalue weighted by molar-refractivity contribution is 6.00. The summed E-state index contributed by atoms with van der Waals surface area (Å²) >= 11 is 0. The van der Waals surface area contributed by atoms with Crippen LogP contribution in [0.3, 0.4) is 0 Å². The fourth-order valence-corrected chi connectivity index (χ4v) is 2.49. The number of hydrogen-bond donors (Lipinski definition) is 2. The maximum atomic E-state index is 9.38. The van der Waals surface area contributed by atoms with E-state index in [0.29, 0.717) is 0 Å². The largest absolute Gasteiger partial charge is 0.394 e. The molecule has 4 heteroatoms. The summed E-state index contributed by atoms with van der Waals surface area (Å²) < 4.78 is 0. The van der Waals surface area contributed by atoms with Crippen molar-refractivity contribution in [3.8, 4) is 11.3 Å². The van der Waals surface area contributed by atoms with Gasteiger partial charge in [-0.25, -0.2) is 0 Å². The van der Waals surface area contributed by atoms with Crippen LogP contribution < -0.4 is 5.32 Å². The van der Waals surface area contributed by atoms with E-state index in [1.165, 1.54) is 0 Å². The summed E-state index contributed by atoms with van der Waals surface area (Å²) in [6.07, 6.45) is 0.826. The average Bonchev–Trinajstić information content (AvgIpc) is 2.60. The number of anilines is 1. The molecule has 1 aromatic heterocycles. The Kier molecular flexibility index (Phi) is 4.30. The van der Waals surface area contributed by atoms with Crippen molar-refractivity contribution in [2.75, 3.05) is 11.9 Å². The van der Waals surface area contributed by atoms with E-state index in [-0.39, 0.29) is 12.6 Å². The Bertz CT molecular complexity index is 755. The third kappa shape index (κ3) is 2.78. The highest BCUT2D eigenvalue weighted by Crippen LogP contribution is 2.29. The molecule has 3 aromatic rings. The van der Waals surface area contributed by atoms with Gasteiger partial charge in [-0.05, 0) is 6.42 Å². The number of fused-ring (bicyclic) bond motifs is 1. The van der Waals surface area contributed by atoms with E-state index >= 15 is 0 Å². The van der Waals surface area contributed by atoms with Crippen molar-refractivity contribution in [1.82, 2.24) is 10.2 Å². The van der Waals surface area contributed by atoms with Gasteiger partial charge in [-0.1, -0.05) is 61.5 Å². The van der Waals surface area contributed by atoms with Gasteiger partial charge >= 0.3 is 0 Å². The summed E-state index contributed by atoms with van der Waals surface area (Å²) in [5, 5.41) is 23.5. The first-order chi connectivity index (χ1) is 10.8. The number of aromatic nitrogens is 2. The lowest BCUT2D eigenvalue weighted by Crippen LogP contribution is -2.23. The number of nitrogens with one attached hydrogen (secondary N) is 1. The van der Waals surface area contributed by atoms with Crippen LogP contribution in [0.5, 0.6) is 0 Å². The Morgan fingerprint density at radius 2 is 1.64 bits per heavy atom. The fourth-order valence-electron chi connectivity index (χ4n) is 2.49. The van der Waals surface area contributed by atoms with Gasteiger partial charge in [-0.15, -0.1) is 10.2 Å². The monoisotopic (exact) mass is 293 g/mol. The molecule has 0 fully saturated rings. The Balaban J connectivity index is 2.11. The van der Waals surface area contributed by atoms with Crippen molar-refractivity contribution in [2.45, 2.75) is 19.4 Å². The van der Waals surface area contributed by atoms with E-state index in [0.717, 1.165) is 34.3 Å². The first kappa shape index (κ1) is 14.5. The predicted molar refractivity (Wildman–Crippen MR) is 89.8 cm³/mol. The predicted octanol–water partition coefficient (Wildman–Crippen LogP) is 3.48. The van der Waals surface area contributed by atoms with Gasteiger partial charge in [0, 0.05) is 16.3 Å². The summed E-state index contributed by atoms with van der Waals surface area (Å²) in [6.45, 7) is 2.11. The van der Waals surface area contributed by atoms with Crippen LogP contribution in [-0.4, -0.2) is 28.0 Å². The molecule has 4 nitrogen and oxygen atoms in total. The van der Waals surface area contributed by atoms with Gasteiger partial charge in [0.1, 0.15) is 5.69 Å². The summed E-state index contributed by atoms with van der Waals surface area (Å²) in [7, 11) is 0. The van der Waals surface area contributed by atoms with E-state index in [2.05, 4.69) is 21.6 Å². The zero-order valence-electron chi connectivity index (χ0n) is 12.5. The van der Waals surface area contributed by atoms with E-state index in [4.69, 9.17) is 0 Å². The Labute approximate surface area is 129 Å². The number of aliphatic hydroxyl groups is 1. The highest BCUT2D eigenvalue weighted by atomic mass is 16.3. The minimum Gasteiger partial charge on any atom is -0.394 e. The van der Waals surface area contributed by atoms with Crippen molar-refractivity contribution >= 4 is 16.6 Å². The zero-order chi connectivity index (χ0) is 15.4. The van der Waals surface area contributed by atoms with Crippen LogP contribution >= 0.6 is 0 Å². The molecule has 2 aromatic carbocycles. The molecule has 0 saturated heterocycles. The van der Waals surface area contributed by atoms with Crippen LogP contribution in [-0.2, 0) is 0 Å². The molecule has 2 N–H and O–H groups in total. The lowest BCUT2D eigenvalue weighted by atomic mass is 10.0. The van der Waals surface area contributed by atoms with E-state index in [1.54, 1.807) is 0 Å². The topological polar surface area (TPSA) is 58.0 Å². The third-order valence-corrected chi connectivity index (χ3v) is 3.79. The molecule has 3 rings (SSSR count). The molecule has 0 amide bonds. The van der Waals surface area contributed by atoms with E-state index in [1.807, 2.05) is 55.5 Å². The van der Waals surface area contributed by atoms with Gasteiger partial charge in [-0.2, -0.15) is 0 Å². The van der Waals surface area contributed by atoms with Crippen LogP contribution in [0.1, 0.15) is 13.3 Å². The lowest BCUT2D eigenvalue weighted by Gasteiger charge is -2.16. The Hall–Kier alpha value is -2.46. The first-order valence-corrected chi connectivity index (χ1v) is 7.51. The smallest absolute Gasteiger partial charge is 0.156 e. The molecule has 1 atom stereocenters. The van der Waals surface area contributed by atoms with Crippen molar-refractivity contribution in [2.24, 2.45) is 0 Å². The van der Waals surface area contributed by atoms with Crippen molar-refractivity contribution in [1.29, 1.82) is 0 Å². The Morgan fingerprint density at radius 1 is 0.955 bits per heavy atom. The number of hydrogen-bond acceptors (Lipinski definition) is 4. The summed E-state index contributed by atoms with van der Waals surface area (Å²) in [4.78, 5) is 0. The Morgan fingerprint density at radius 3 is 2.32 bits per heavy atom. The number of rotatable bonds is 5. The van der Waals surface area contributed by atoms with Crippen LogP contribution in [0.4, 0.5) is 5.82 Å². The quantitative estimate of drug-likeness (QED) is 0.756. The molecule has 0 radical (unpaired) electrons. The highest BCUT2D eigenvalue weighted by Gasteiger charge is 2.12. The van der Waals surface area contributed by atoms with Crippen LogP contribution in [0.25, 0.3) is 22.0 Å². The fraction of sp³-hybridized carbons (Fsp3) is 0.222. The molecule has 0 bridgehead atoms. The van der Waals surface area contributed by atoms with Gasteiger partial charge in [0.2, 0.25) is 0 Å². The minimum atomic E-state index is -0.0136. The second-order valence-corrected chi connectivity index (χ2v) is 5.24. The average molecular weight is 293 g/mol. The van der Waals surface area contributed by atoms with Gasteiger partial charge < -0.3 is 10.4 Å². The lowest BCUT2D eigenvalue weighted by molar-refractivity contribution is 0.271. The van der Waals surface area contributed by atoms with Gasteiger partial charge in [0.25, 0.3) is 0 Å². The molecule has 112 valence electrons. The second-order valence-electron chi connectivity index (χ2n) is 5.24. The SMILES string of the molecule is CC[C@H](CO)Nc1nnc(-c2ccccc2)c2ccccc12. The number of aliphatic hydroxyl groups excluding tert-OH is 1. The van der Waals surface area contributed by atoms with E-state index in [9.17, 15) is 5.11 Å². The summed E-state index contributed by atoms with van der Waals surface area (Å²) in [5.41, 5.74) is 1.92. The molecule has 1 heterocycles. The molecule has 0 unspecified atom stereocenters. The number of benzene rings is 2. The maximum absolute atomic E-state index is 9.38. The molecule has 0 saturated carbocycles. The van der Waals surface area contributed by atoms with Crippen LogP contribution in [0.2, 0.25) is 0 Å². The van der Waals surface area contributed by atoms with E-state index < -0.39 is 0 Å². The third-order valence-electron chi connectivity index (χ3n) is 3.79. The molecule has 0 aliphatic carbocycles. The summed E-state index contributed by atoms with van der Waals surface area (Å²) in [5.74, 6) is 0.719. The normalized spacial score (nSPS) is 12.3. The zero-order valence-corrected chi connectivity index (χ0v) is 12.5. The molecule has 0 aliphatic rings. The van der Waals surface area contributed by atoms with Crippen molar-refractivity contribution < 1.29 is 5.11 Å². The molecular weight excluding hydrogens is 274 g/mol. The van der Waals surface area contributed by atoms with Gasteiger partial charge in [0.05, 0.1) is 12.6 Å². The minimum absolute atomic E-state index is 0.0136. The molecular formula is C18H19N3O.